The van der Waals surface area contributed by atoms with Crippen LogP contribution in [0, 0.1) is 11.3 Å². The van der Waals surface area contributed by atoms with Crippen molar-refractivity contribution >= 4 is 5.97 Å². The fourth-order valence-electron chi connectivity index (χ4n) is 4.07. The maximum Gasteiger partial charge on any atom is 0.306 e. The van der Waals surface area contributed by atoms with Gasteiger partial charge in [0, 0.05) is 0 Å². The van der Waals surface area contributed by atoms with Crippen molar-refractivity contribution in [1.82, 2.24) is 0 Å². The highest BCUT2D eigenvalue weighted by Gasteiger charge is 2.35. The summed E-state index contributed by atoms with van der Waals surface area (Å²) < 4.78 is 5.83. The van der Waals surface area contributed by atoms with E-state index in [1.807, 2.05) is 0 Å². The lowest BCUT2D eigenvalue weighted by Crippen LogP contribution is -2.37. The average Bonchev–Trinajstić information content (AvgIpc) is 2.48. The van der Waals surface area contributed by atoms with Crippen LogP contribution in [0.1, 0.15) is 77.6 Å². The zero-order chi connectivity index (χ0) is 14.4. The van der Waals surface area contributed by atoms with Gasteiger partial charge in [0.05, 0.1) is 6.42 Å². The van der Waals surface area contributed by atoms with Crippen LogP contribution >= 0.6 is 0 Å². The highest BCUT2D eigenvalue weighted by Crippen LogP contribution is 2.39. The molecule has 0 aliphatic heterocycles. The van der Waals surface area contributed by atoms with Crippen molar-refractivity contribution in [3.8, 4) is 0 Å². The van der Waals surface area contributed by atoms with Crippen molar-refractivity contribution in [3.63, 3.8) is 0 Å². The molecule has 0 aromatic heterocycles. The van der Waals surface area contributed by atoms with E-state index in [1.54, 1.807) is 0 Å². The van der Waals surface area contributed by atoms with Gasteiger partial charge < -0.3 is 10.5 Å². The van der Waals surface area contributed by atoms with E-state index >= 15 is 0 Å². The lowest BCUT2D eigenvalue weighted by Gasteiger charge is -2.36. The highest BCUT2D eigenvalue weighted by atomic mass is 16.5. The summed E-state index contributed by atoms with van der Waals surface area (Å²) in [5.41, 5.74) is 6.00. The van der Waals surface area contributed by atoms with Gasteiger partial charge in [0.2, 0.25) is 0 Å². The molecule has 0 amide bonds. The molecule has 0 saturated heterocycles. The Kier molecular flexibility index (Phi) is 5.88. The highest BCUT2D eigenvalue weighted by molar-refractivity contribution is 5.70. The van der Waals surface area contributed by atoms with Gasteiger partial charge in [-0.25, -0.2) is 0 Å². The summed E-state index contributed by atoms with van der Waals surface area (Å²) in [6.45, 7) is 2.84. The molecule has 2 aliphatic rings. The van der Waals surface area contributed by atoms with Crippen LogP contribution in [0.15, 0.2) is 0 Å². The third-order valence-corrected chi connectivity index (χ3v) is 5.51. The van der Waals surface area contributed by atoms with Gasteiger partial charge in [-0.15, -0.1) is 0 Å². The van der Waals surface area contributed by atoms with E-state index in [1.165, 1.54) is 38.5 Å². The fourth-order valence-corrected chi connectivity index (χ4v) is 4.07. The van der Waals surface area contributed by atoms with Crippen molar-refractivity contribution in [2.75, 3.05) is 6.54 Å². The van der Waals surface area contributed by atoms with Crippen molar-refractivity contribution in [1.29, 1.82) is 0 Å². The van der Waals surface area contributed by atoms with E-state index in [4.69, 9.17) is 10.5 Å². The lowest BCUT2D eigenvalue weighted by atomic mass is 9.72. The van der Waals surface area contributed by atoms with Crippen LogP contribution in [0.3, 0.4) is 0 Å². The first kappa shape index (κ1) is 15.8. The molecule has 3 nitrogen and oxygen atoms in total. The number of ether oxygens (including phenoxy) is 1. The van der Waals surface area contributed by atoms with Gasteiger partial charge >= 0.3 is 5.97 Å². The Morgan fingerprint density at radius 2 is 1.85 bits per heavy atom. The van der Waals surface area contributed by atoms with Gasteiger partial charge in [-0.2, -0.15) is 0 Å². The van der Waals surface area contributed by atoms with Gasteiger partial charge in [0.15, 0.2) is 0 Å². The Balaban J connectivity index is 1.87. The Morgan fingerprint density at radius 3 is 2.50 bits per heavy atom. The molecule has 2 aliphatic carbocycles. The van der Waals surface area contributed by atoms with E-state index in [0.29, 0.717) is 18.9 Å². The Morgan fingerprint density at radius 1 is 1.15 bits per heavy atom. The number of nitrogens with two attached hydrogens (primary N) is 1. The SMILES string of the molecule is CCC1CCCCC1OC(=O)CC1(CN)CCCCC1. The number of rotatable bonds is 5. The minimum Gasteiger partial charge on any atom is -0.462 e. The second kappa shape index (κ2) is 7.44. The molecule has 0 aromatic rings. The second-order valence-corrected chi connectivity index (χ2v) is 6.92. The van der Waals surface area contributed by atoms with Crippen molar-refractivity contribution in [2.24, 2.45) is 17.1 Å². The van der Waals surface area contributed by atoms with Crippen LogP contribution in [-0.4, -0.2) is 18.6 Å². The van der Waals surface area contributed by atoms with Gasteiger partial charge in [0.1, 0.15) is 6.10 Å². The number of carbonyl (C=O) groups excluding carboxylic acids is 1. The van der Waals surface area contributed by atoms with Crippen molar-refractivity contribution in [3.05, 3.63) is 0 Å². The number of hydrogen-bond donors (Lipinski definition) is 1. The molecular weight excluding hydrogens is 250 g/mol. The molecule has 0 bridgehead atoms. The van der Waals surface area contributed by atoms with E-state index in [0.717, 1.165) is 25.7 Å². The topological polar surface area (TPSA) is 52.3 Å². The fraction of sp³-hybridized carbons (Fsp3) is 0.941. The summed E-state index contributed by atoms with van der Waals surface area (Å²) in [4.78, 5) is 12.3. The first-order valence-corrected chi connectivity index (χ1v) is 8.59. The molecule has 0 aromatic carbocycles. The number of hydrogen-bond acceptors (Lipinski definition) is 3. The molecule has 2 saturated carbocycles. The first-order valence-electron chi connectivity index (χ1n) is 8.59. The van der Waals surface area contributed by atoms with E-state index in [9.17, 15) is 4.79 Å². The summed E-state index contributed by atoms with van der Waals surface area (Å²) in [6, 6.07) is 0. The summed E-state index contributed by atoms with van der Waals surface area (Å²) in [5.74, 6) is 0.579. The van der Waals surface area contributed by atoms with Crippen LogP contribution < -0.4 is 5.73 Å². The van der Waals surface area contributed by atoms with Crippen LogP contribution in [0.2, 0.25) is 0 Å². The number of esters is 1. The van der Waals surface area contributed by atoms with Crippen molar-refractivity contribution < 1.29 is 9.53 Å². The summed E-state index contributed by atoms with van der Waals surface area (Å²) in [7, 11) is 0. The molecule has 2 N–H and O–H groups in total. The molecular formula is C17H31NO2. The zero-order valence-corrected chi connectivity index (χ0v) is 13.0. The molecule has 2 fully saturated rings. The molecule has 3 heteroatoms. The first-order chi connectivity index (χ1) is 9.69. The average molecular weight is 281 g/mol. The minimum atomic E-state index is 0.00250. The van der Waals surface area contributed by atoms with Crippen LogP contribution in [0.5, 0.6) is 0 Å². The van der Waals surface area contributed by atoms with Crippen LogP contribution in [-0.2, 0) is 9.53 Å². The predicted molar refractivity (Wildman–Crippen MR) is 81.3 cm³/mol. The zero-order valence-electron chi connectivity index (χ0n) is 13.0. The van der Waals surface area contributed by atoms with Gasteiger partial charge in [-0.05, 0) is 56.4 Å². The number of carbonyl (C=O) groups is 1. The van der Waals surface area contributed by atoms with Gasteiger partial charge in [-0.3, -0.25) is 4.79 Å². The molecule has 116 valence electrons. The van der Waals surface area contributed by atoms with E-state index in [2.05, 4.69) is 6.92 Å². The molecule has 2 atom stereocenters. The van der Waals surface area contributed by atoms with Crippen molar-refractivity contribution in [2.45, 2.75) is 83.7 Å². The van der Waals surface area contributed by atoms with Crippen LogP contribution in [0.25, 0.3) is 0 Å². The largest absolute Gasteiger partial charge is 0.462 e. The monoisotopic (exact) mass is 281 g/mol. The van der Waals surface area contributed by atoms with Gasteiger partial charge in [-0.1, -0.05) is 32.6 Å². The standard InChI is InChI=1S/C17H31NO2/c1-2-14-8-4-5-9-15(14)20-16(19)12-17(13-18)10-6-3-7-11-17/h14-15H,2-13,18H2,1H3. The summed E-state index contributed by atoms with van der Waals surface area (Å²) in [5, 5.41) is 0. The summed E-state index contributed by atoms with van der Waals surface area (Å²) >= 11 is 0. The van der Waals surface area contributed by atoms with E-state index in [-0.39, 0.29) is 17.5 Å². The molecule has 2 rings (SSSR count). The van der Waals surface area contributed by atoms with E-state index < -0.39 is 0 Å². The molecule has 0 radical (unpaired) electrons. The smallest absolute Gasteiger partial charge is 0.306 e. The molecule has 0 heterocycles. The molecule has 0 spiro atoms. The third kappa shape index (κ3) is 3.97. The maximum absolute atomic E-state index is 12.3. The molecule has 2 unspecified atom stereocenters. The third-order valence-electron chi connectivity index (χ3n) is 5.51. The minimum absolute atomic E-state index is 0.00250. The molecule has 20 heavy (non-hydrogen) atoms. The Hall–Kier alpha value is -0.570. The predicted octanol–water partition coefficient (Wildman–Crippen LogP) is 3.80. The second-order valence-electron chi connectivity index (χ2n) is 6.92. The maximum atomic E-state index is 12.3. The lowest BCUT2D eigenvalue weighted by molar-refractivity contribution is -0.157. The Labute approximate surface area is 123 Å². The quantitative estimate of drug-likeness (QED) is 0.780. The van der Waals surface area contributed by atoms with Crippen LogP contribution in [0.4, 0.5) is 0 Å². The summed E-state index contributed by atoms with van der Waals surface area (Å²) in [6.07, 6.45) is 12.5. The Bertz CT molecular complexity index is 310. The van der Waals surface area contributed by atoms with Gasteiger partial charge in [0.25, 0.3) is 0 Å². The normalized spacial score (nSPS) is 29.9.